The molecule has 1 amide bonds. The van der Waals surface area contributed by atoms with Gasteiger partial charge in [-0.2, -0.15) is 0 Å². The van der Waals surface area contributed by atoms with E-state index in [0.717, 1.165) is 18.9 Å². The van der Waals surface area contributed by atoms with Gasteiger partial charge in [0.15, 0.2) is 6.61 Å². The molecule has 2 rings (SSSR count). The number of carbonyl (C=O) groups excluding carboxylic acids is 1. The van der Waals surface area contributed by atoms with Crippen LogP contribution in [0.15, 0.2) is 18.2 Å². The molecule has 4 nitrogen and oxygen atoms in total. The predicted octanol–water partition coefficient (Wildman–Crippen LogP) is 3.31. The Morgan fingerprint density at radius 2 is 2.14 bits per heavy atom. The Bertz CT molecular complexity index is 478. The summed E-state index contributed by atoms with van der Waals surface area (Å²) in [5.74, 6) is 0.996. The number of benzene rings is 1. The van der Waals surface area contributed by atoms with Crippen molar-refractivity contribution in [1.82, 2.24) is 5.32 Å². The average Bonchev–Trinajstić information content (AvgIpc) is 3.28. The summed E-state index contributed by atoms with van der Waals surface area (Å²) >= 11 is 11.8. The highest BCUT2D eigenvalue weighted by Crippen LogP contribution is 2.28. The molecular formula is C15H19Cl2NO3. The van der Waals surface area contributed by atoms with Gasteiger partial charge in [0.1, 0.15) is 5.75 Å². The van der Waals surface area contributed by atoms with Gasteiger partial charge in [-0.1, -0.05) is 23.2 Å². The van der Waals surface area contributed by atoms with Crippen molar-refractivity contribution in [3.05, 3.63) is 28.2 Å². The van der Waals surface area contributed by atoms with E-state index >= 15 is 0 Å². The summed E-state index contributed by atoms with van der Waals surface area (Å²) in [6, 6.07) is 4.88. The van der Waals surface area contributed by atoms with E-state index in [4.69, 9.17) is 32.7 Å². The van der Waals surface area contributed by atoms with Crippen molar-refractivity contribution in [2.45, 2.75) is 19.3 Å². The first-order valence-electron chi connectivity index (χ1n) is 7.07. The monoisotopic (exact) mass is 331 g/mol. The van der Waals surface area contributed by atoms with Gasteiger partial charge in [-0.25, -0.2) is 0 Å². The zero-order valence-electron chi connectivity index (χ0n) is 11.7. The van der Waals surface area contributed by atoms with Crippen molar-refractivity contribution in [2.24, 2.45) is 5.92 Å². The van der Waals surface area contributed by atoms with Crippen LogP contribution >= 0.6 is 23.2 Å². The second-order valence-corrected chi connectivity index (χ2v) is 5.93. The van der Waals surface area contributed by atoms with Crippen LogP contribution in [0, 0.1) is 5.92 Å². The number of hydrogen-bond acceptors (Lipinski definition) is 3. The molecule has 0 heterocycles. The van der Waals surface area contributed by atoms with Crippen molar-refractivity contribution in [1.29, 1.82) is 0 Å². The van der Waals surface area contributed by atoms with Crippen LogP contribution in [0.1, 0.15) is 19.3 Å². The van der Waals surface area contributed by atoms with E-state index in [1.807, 2.05) is 0 Å². The highest BCUT2D eigenvalue weighted by molar-refractivity contribution is 6.34. The van der Waals surface area contributed by atoms with Crippen LogP contribution < -0.4 is 10.1 Å². The van der Waals surface area contributed by atoms with Gasteiger partial charge in [-0.3, -0.25) is 4.79 Å². The lowest BCUT2D eigenvalue weighted by Gasteiger charge is -2.09. The lowest BCUT2D eigenvalue weighted by atomic mass is 10.3. The van der Waals surface area contributed by atoms with E-state index in [-0.39, 0.29) is 12.5 Å². The smallest absolute Gasteiger partial charge is 0.257 e. The molecule has 0 saturated heterocycles. The first kappa shape index (κ1) is 16.4. The molecule has 0 bridgehead atoms. The number of nitrogens with one attached hydrogen (secondary N) is 1. The fraction of sp³-hybridized carbons (Fsp3) is 0.533. The molecule has 1 aromatic carbocycles. The maximum Gasteiger partial charge on any atom is 0.257 e. The fourth-order valence-corrected chi connectivity index (χ4v) is 2.05. The largest absolute Gasteiger partial charge is 0.482 e. The first-order valence-corrected chi connectivity index (χ1v) is 7.83. The quantitative estimate of drug-likeness (QED) is 0.706. The Morgan fingerprint density at radius 1 is 1.33 bits per heavy atom. The number of rotatable bonds is 9. The molecule has 1 aromatic rings. The van der Waals surface area contributed by atoms with Gasteiger partial charge in [0.25, 0.3) is 5.91 Å². The average molecular weight is 332 g/mol. The molecule has 0 atom stereocenters. The van der Waals surface area contributed by atoms with Gasteiger partial charge < -0.3 is 14.8 Å². The molecule has 0 aliphatic heterocycles. The molecule has 21 heavy (non-hydrogen) atoms. The number of carbonyl (C=O) groups is 1. The normalized spacial score (nSPS) is 14.0. The fourth-order valence-electron chi connectivity index (χ4n) is 1.72. The summed E-state index contributed by atoms with van der Waals surface area (Å²) in [6.45, 7) is 2.03. The maximum atomic E-state index is 11.6. The summed E-state index contributed by atoms with van der Waals surface area (Å²) in [6.07, 6.45) is 3.39. The number of amides is 1. The van der Waals surface area contributed by atoms with Gasteiger partial charge in [0.2, 0.25) is 0 Å². The molecule has 1 N–H and O–H groups in total. The van der Waals surface area contributed by atoms with E-state index in [2.05, 4.69) is 5.32 Å². The zero-order chi connectivity index (χ0) is 15.1. The van der Waals surface area contributed by atoms with Crippen LogP contribution in [0.5, 0.6) is 5.75 Å². The first-order chi connectivity index (χ1) is 10.1. The van der Waals surface area contributed by atoms with Gasteiger partial charge in [-0.15, -0.1) is 0 Å². The molecule has 116 valence electrons. The summed E-state index contributed by atoms with van der Waals surface area (Å²) in [7, 11) is 0. The molecule has 0 aromatic heterocycles. The minimum Gasteiger partial charge on any atom is -0.482 e. The molecule has 1 saturated carbocycles. The van der Waals surface area contributed by atoms with Crippen LogP contribution in [0.2, 0.25) is 10.0 Å². The summed E-state index contributed by atoms with van der Waals surface area (Å²) in [4.78, 5) is 11.6. The highest BCUT2D eigenvalue weighted by atomic mass is 35.5. The van der Waals surface area contributed by atoms with Crippen LogP contribution in [0.25, 0.3) is 0 Å². The SMILES string of the molecule is O=C(COc1cc(Cl)ccc1Cl)NCCCOCC1CC1. The molecule has 1 aliphatic carbocycles. The minimum atomic E-state index is -0.187. The summed E-state index contributed by atoms with van der Waals surface area (Å²) in [5, 5.41) is 3.72. The van der Waals surface area contributed by atoms with Crippen molar-refractivity contribution in [2.75, 3.05) is 26.4 Å². The highest BCUT2D eigenvalue weighted by Gasteiger charge is 2.20. The molecule has 6 heteroatoms. The Balaban J connectivity index is 1.55. The van der Waals surface area contributed by atoms with Crippen LogP contribution in [-0.4, -0.2) is 32.3 Å². The predicted molar refractivity (Wildman–Crippen MR) is 83.1 cm³/mol. The zero-order valence-corrected chi connectivity index (χ0v) is 13.3. The van der Waals surface area contributed by atoms with Crippen LogP contribution in [0.3, 0.4) is 0 Å². The van der Waals surface area contributed by atoms with Crippen molar-refractivity contribution in [3.8, 4) is 5.75 Å². The molecule has 1 fully saturated rings. The Kier molecular flexibility index (Phi) is 6.61. The Labute approximate surface area is 134 Å². The van der Waals surface area contributed by atoms with Gasteiger partial charge >= 0.3 is 0 Å². The summed E-state index contributed by atoms with van der Waals surface area (Å²) in [5.41, 5.74) is 0. The van der Waals surface area contributed by atoms with Crippen molar-refractivity contribution >= 4 is 29.1 Å². The second-order valence-electron chi connectivity index (χ2n) is 5.09. The third-order valence-electron chi connectivity index (χ3n) is 3.09. The number of ether oxygens (including phenoxy) is 2. The van der Waals surface area contributed by atoms with E-state index in [1.54, 1.807) is 18.2 Å². The van der Waals surface area contributed by atoms with E-state index in [9.17, 15) is 4.79 Å². The Morgan fingerprint density at radius 3 is 2.90 bits per heavy atom. The lowest BCUT2D eigenvalue weighted by Crippen LogP contribution is -2.30. The molecule has 0 radical (unpaired) electrons. The third-order valence-corrected chi connectivity index (χ3v) is 3.64. The number of halogens is 2. The van der Waals surface area contributed by atoms with E-state index in [1.165, 1.54) is 12.8 Å². The van der Waals surface area contributed by atoms with Gasteiger partial charge in [-0.05, 0) is 37.3 Å². The molecular weight excluding hydrogens is 313 g/mol. The van der Waals surface area contributed by atoms with Gasteiger partial charge in [0.05, 0.1) is 5.02 Å². The molecule has 0 unspecified atom stereocenters. The third kappa shape index (κ3) is 6.55. The van der Waals surface area contributed by atoms with Crippen molar-refractivity contribution in [3.63, 3.8) is 0 Å². The van der Waals surface area contributed by atoms with E-state index < -0.39 is 0 Å². The lowest BCUT2D eigenvalue weighted by molar-refractivity contribution is -0.123. The topological polar surface area (TPSA) is 47.6 Å². The molecule has 1 aliphatic rings. The van der Waals surface area contributed by atoms with Crippen LogP contribution in [0.4, 0.5) is 0 Å². The van der Waals surface area contributed by atoms with Gasteiger partial charge in [0, 0.05) is 30.8 Å². The number of hydrogen-bond donors (Lipinski definition) is 1. The second kappa shape index (κ2) is 8.47. The Hall–Kier alpha value is -0.970. The van der Waals surface area contributed by atoms with Crippen molar-refractivity contribution < 1.29 is 14.3 Å². The van der Waals surface area contributed by atoms with E-state index in [0.29, 0.717) is 28.9 Å². The molecule has 0 spiro atoms. The van der Waals surface area contributed by atoms with Crippen LogP contribution in [-0.2, 0) is 9.53 Å². The maximum absolute atomic E-state index is 11.6. The minimum absolute atomic E-state index is 0.0804. The standard InChI is InChI=1S/C15H19Cl2NO3/c16-12-4-5-13(17)14(8-12)21-10-15(19)18-6-1-7-20-9-11-2-3-11/h4-5,8,11H,1-3,6-7,9-10H2,(H,18,19). The summed E-state index contributed by atoms with van der Waals surface area (Å²) < 4.78 is 10.8.